The van der Waals surface area contributed by atoms with Crippen LogP contribution in [0.1, 0.15) is 22.3 Å². The lowest BCUT2D eigenvalue weighted by Crippen LogP contribution is -1.90. The van der Waals surface area contributed by atoms with Gasteiger partial charge in [0.15, 0.2) is 0 Å². The summed E-state index contributed by atoms with van der Waals surface area (Å²) >= 11 is 0. The minimum atomic E-state index is 0.530. The molecule has 0 aliphatic heterocycles. The van der Waals surface area contributed by atoms with Gasteiger partial charge in [-0.15, -0.1) is 5.26 Å². The average Bonchev–Trinajstić information content (AvgIpc) is 2.85. The fraction of sp³-hybridized carbons (Fsp3) is 0.0714. The van der Waals surface area contributed by atoms with E-state index in [-0.39, 0.29) is 0 Å². The Bertz CT molecular complexity index is 1230. The van der Waals surface area contributed by atoms with E-state index in [0.29, 0.717) is 11.4 Å². The highest BCUT2D eigenvalue weighted by molar-refractivity contribution is 5.49. The van der Waals surface area contributed by atoms with Crippen molar-refractivity contribution in [2.24, 2.45) is 4.99 Å². The third kappa shape index (κ3) is 7.69. The molecule has 0 saturated carbocycles. The van der Waals surface area contributed by atoms with Gasteiger partial charge in [-0.25, -0.2) is 4.79 Å². The Balaban J connectivity index is 0.000000196. The Morgan fingerprint density at radius 3 is 1.41 bits per heavy atom. The van der Waals surface area contributed by atoms with Gasteiger partial charge in [-0.2, -0.15) is 4.99 Å². The van der Waals surface area contributed by atoms with E-state index in [2.05, 4.69) is 4.99 Å². The topological polar surface area (TPSA) is 114 Å². The van der Waals surface area contributed by atoms with Gasteiger partial charge in [-0.1, -0.05) is 48.5 Å². The van der Waals surface area contributed by atoms with Crippen LogP contribution in [0, 0.1) is 11.5 Å². The van der Waals surface area contributed by atoms with Crippen molar-refractivity contribution in [1.29, 1.82) is 5.26 Å². The van der Waals surface area contributed by atoms with E-state index in [1.165, 1.54) is 17.2 Å². The van der Waals surface area contributed by atoms with Crippen LogP contribution >= 0.6 is 0 Å². The molecule has 0 saturated heterocycles. The van der Waals surface area contributed by atoms with E-state index in [9.17, 15) is 4.79 Å². The molecule has 4 aromatic carbocycles. The molecule has 168 valence electrons. The number of anilines is 2. The van der Waals surface area contributed by atoms with Crippen LogP contribution in [-0.4, -0.2) is 6.08 Å². The van der Waals surface area contributed by atoms with Crippen molar-refractivity contribution in [3.05, 3.63) is 119 Å². The molecular weight excluding hydrogens is 424 g/mol. The number of hydrogen-bond donors (Lipinski definition) is 2. The molecule has 4 N–H and O–H groups in total. The van der Waals surface area contributed by atoms with Crippen LogP contribution in [0.25, 0.3) is 0 Å². The highest BCUT2D eigenvalue weighted by Crippen LogP contribution is 2.18. The van der Waals surface area contributed by atoms with Gasteiger partial charge in [0, 0.05) is 11.4 Å². The molecule has 0 atom stereocenters. The van der Waals surface area contributed by atoms with E-state index in [4.69, 9.17) is 21.5 Å². The molecule has 34 heavy (non-hydrogen) atoms. The van der Waals surface area contributed by atoms with Crippen molar-refractivity contribution in [1.82, 2.24) is 0 Å². The molecular formula is C28H24N4O2. The Labute approximate surface area is 198 Å². The number of nitrogens with two attached hydrogens (primary N) is 2. The summed E-state index contributed by atoms with van der Waals surface area (Å²) < 4.78 is 4.71. The number of isocyanates is 1. The SMILES string of the molecule is N#COc1ccc(Cc2ccc(N=C=O)cc2)cc1.Nc1ccc(Cc2ccc(N)cc2)cc1. The summed E-state index contributed by atoms with van der Waals surface area (Å²) in [6, 6.07) is 30.6. The largest absolute Gasteiger partial charge is 0.399 e. The molecule has 0 aliphatic carbocycles. The number of rotatable bonds is 6. The summed E-state index contributed by atoms with van der Waals surface area (Å²) in [6.07, 6.45) is 4.81. The van der Waals surface area contributed by atoms with E-state index >= 15 is 0 Å². The summed E-state index contributed by atoms with van der Waals surface area (Å²) in [6.45, 7) is 0. The molecule has 6 heteroatoms. The lowest BCUT2D eigenvalue weighted by Gasteiger charge is -2.03. The number of carbonyl (C=O) groups excluding carboxylic acids is 1. The van der Waals surface area contributed by atoms with Crippen LogP contribution in [0.3, 0.4) is 0 Å². The van der Waals surface area contributed by atoms with Crippen LogP contribution in [0.15, 0.2) is 102 Å². The second-order valence-electron chi connectivity index (χ2n) is 7.54. The second kappa shape index (κ2) is 12.3. The summed E-state index contributed by atoms with van der Waals surface area (Å²) in [5.41, 5.74) is 18.2. The first-order valence-electron chi connectivity index (χ1n) is 10.6. The van der Waals surface area contributed by atoms with Gasteiger partial charge in [0.2, 0.25) is 6.08 Å². The van der Waals surface area contributed by atoms with Crippen molar-refractivity contribution in [2.45, 2.75) is 12.8 Å². The van der Waals surface area contributed by atoms with Gasteiger partial charge in [0.05, 0.1) is 5.69 Å². The zero-order chi connectivity index (χ0) is 24.2. The molecule has 0 bridgehead atoms. The summed E-state index contributed by atoms with van der Waals surface area (Å²) in [4.78, 5) is 13.6. The predicted octanol–water partition coefficient (Wildman–Crippen LogP) is 5.55. The maximum atomic E-state index is 10.1. The molecule has 0 radical (unpaired) electrons. The number of benzene rings is 4. The fourth-order valence-electron chi connectivity index (χ4n) is 3.21. The van der Waals surface area contributed by atoms with Crippen molar-refractivity contribution >= 4 is 23.1 Å². The Morgan fingerprint density at radius 2 is 1.03 bits per heavy atom. The molecule has 0 amide bonds. The van der Waals surface area contributed by atoms with Crippen molar-refractivity contribution in [3.8, 4) is 12.0 Å². The zero-order valence-corrected chi connectivity index (χ0v) is 18.5. The van der Waals surface area contributed by atoms with Crippen LogP contribution in [0.2, 0.25) is 0 Å². The second-order valence-corrected chi connectivity index (χ2v) is 7.54. The number of hydrogen-bond acceptors (Lipinski definition) is 6. The van der Waals surface area contributed by atoms with Crippen LogP contribution < -0.4 is 16.2 Å². The van der Waals surface area contributed by atoms with Crippen molar-refractivity contribution < 1.29 is 9.53 Å². The lowest BCUT2D eigenvalue weighted by molar-refractivity contribution is 0.507. The third-order valence-electron chi connectivity index (χ3n) is 4.97. The van der Waals surface area contributed by atoms with Gasteiger partial charge in [-0.3, -0.25) is 0 Å². The van der Waals surface area contributed by atoms with Gasteiger partial charge in [0.25, 0.3) is 6.26 Å². The smallest absolute Gasteiger partial charge is 0.292 e. The number of ether oxygens (including phenoxy) is 1. The first-order valence-corrected chi connectivity index (χ1v) is 10.6. The van der Waals surface area contributed by atoms with E-state index in [1.54, 1.807) is 30.5 Å². The first-order chi connectivity index (χ1) is 16.6. The molecule has 4 rings (SSSR count). The number of aliphatic imine (C=N–C) groups is 1. The molecule has 0 aliphatic rings. The summed E-state index contributed by atoms with van der Waals surface area (Å²) in [5.74, 6) is 0.530. The first kappa shape index (κ1) is 23.8. The van der Waals surface area contributed by atoms with Crippen LogP contribution in [0.4, 0.5) is 17.1 Å². The van der Waals surface area contributed by atoms with Gasteiger partial charge in [0.1, 0.15) is 5.75 Å². The summed E-state index contributed by atoms with van der Waals surface area (Å²) in [7, 11) is 0. The third-order valence-corrected chi connectivity index (χ3v) is 4.97. The normalized spacial score (nSPS) is 9.62. The number of nitriles is 1. The number of nitrogen functional groups attached to an aromatic ring is 2. The van der Waals surface area contributed by atoms with Gasteiger partial charge >= 0.3 is 0 Å². The van der Waals surface area contributed by atoms with Crippen molar-refractivity contribution in [3.63, 3.8) is 0 Å². The van der Waals surface area contributed by atoms with E-state index in [0.717, 1.165) is 35.3 Å². The maximum absolute atomic E-state index is 10.1. The average molecular weight is 449 g/mol. The molecule has 0 heterocycles. The minimum absolute atomic E-state index is 0.530. The number of nitrogens with zero attached hydrogens (tertiary/aromatic N) is 2. The zero-order valence-electron chi connectivity index (χ0n) is 18.5. The summed E-state index contributed by atoms with van der Waals surface area (Å²) in [5, 5.41) is 8.39. The highest BCUT2D eigenvalue weighted by Gasteiger charge is 1.99. The standard InChI is InChI=1S/C15H10N2O2.C13H14N2/c16-10-19-15-7-3-13(4-8-15)9-12-1-5-14(6-2-12)17-11-18;14-12-5-1-10(2-6-12)9-11-3-7-13(15)8-4-11/h1-8H,9H2;1-8H,9,14-15H2. The maximum Gasteiger partial charge on any atom is 0.292 e. The quantitative estimate of drug-likeness (QED) is 0.174. The van der Waals surface area contributed by atoms with Crippen molar-refractivity contribution in [2.75, 3.05) is 11.5 Å². The monoisotopic (exact) mass is 448 g/mol. The lowest BCUT2D eigenvalue weighted by atomic mass is 10.0. The van der Waals surface area contributed by atoms with Gasteiger partial charge in [-0.05, 0) is 83.6 Å². The highest BCUT2D eigenvalue weighted by atomic mass is 16.5. The van der Waals surface area contributed by atoms with E-state index in [1.807, 2.05) is 72.8 Å². The van der Waals surface area contributed by atoms with Gasteiger partial charge < -0.3 is 16.2 Å². The molecule has 0 unspecified atom stereocenters. The Hall–Kier alpha value is -4.85. The Morgan fingerprint density at radius 1 is 0.647 bits per heavy atom. The molecule has 6 nitrogen and oxygen atoms in total. The van der Waals surface area contributed by atoms with Crippen LogP contribution in [-0.2, 0) is 17.6 Å². The van der Waals surface area contributed by atoms with Crippen LogP contribution in [0.5, 0.6) is 5.75 Å². The van der Waals surface area contributed by atoms with E-state index < -0.39 is 0 Å². The predicted molar refractivity (Wildman–Crippen MR) is 134 cm³/mol. The Kier molecular flexibility index (Phi) is 8.58. The molecule has 0 spiro atoms. The molecule has 0 fully saturated rings. The molecule has 0 aromatic heterocycles. The minimum Gasteiger partial charge on any atom is -0.399 e. The molecule has 4 aromatic rings. The fourth-order valence-corrected chi connectivity index (χ4v) is 3.21.